The number of aromatic nitrogens is 1. The molecule has 3 nitrogen and oxygen atoms in total. The molecule has 0 saturated carbocycles. The number of thiazole rings is 1. The highest BCUT2D eigenvalue weighted by Gasteiger charge is 2.26. The highest BCUT2D eigenvalue weighted by Crippen LogP contribution is 2.28. The maximum atomic E-state index is 5.92. The van der Waals surface area contributed by atoms with Crippen molar-refractivity contribution < 1.29 is 0 Å². The van der Waals surface area contributed by atoms with Gasteiger partial charge in [-0.05, 0) is 25.3 Å². The van der Waals surface area contributed by atoms with Crippen LogP contribution in [0.5, 0.6) is 0 Å². The van der Waals surface area contributed by atoms with Gasteiger partial charge in [0, 0.05) is 29.9 Å². The molecule has 1 aliphatic heterocycles. The van der Waals surface area contributed by atoms with Crippen molar-refractivity contribution >= 4 is 11.3 Å². The Kier molecular flexibility index (Phi) is 4.64. The van der Waals surface area contributed by atoms with Crippen LogP contribution in [0.25, 0.3) is 0 Å². The molecule has 1 aromatic rings. The Labute approximate surface area is 121 Å². The van der Waals surface area contributed by atoms with Gasteiger partial charge in [-0.15, -0.1) is 11.3 Å². The molecule has 1 fully saturated rings. The van der Waals surface area contributed by atoms with Gasteiger partial charge in [0.1, 0.15) is 0 Å². The third-order valence-corrected chi connectivity index (χ3v) is 5.25. The van der Waals surface area contributed by atoms with Gasteiger partial charge in [-0.3, -0.25) is 4.90 Å². The molecule has 1 aromatic heterocycles. The second kappa shape index (κ2) is 5.90. The summed E-state index contributed by atoms with van der Waals surface area (Å²) in [5.74, 6) is 0.811. The Hall–Kier alpha value is -0.450. The van der Waals surface area contributed by atoms with Crippen LogP contribution in [0.1, 0.15) is 51.2 Å². The van der Waals surface area contributed by atoms with Gasteiger partial charge in [-0.1, -0.05) is 27.7 Å². The SMILES string of the molecule is CC1CCN(Cc2csc(C(C)(C)C)n2)C(CN)C1. The number of hydrogen-bond donors (Lipinski definition) is 1. The van der Waals surface area contributed by atoms with Crippen molar-refractivity contribution in [3.05, 3.63) is 16.1 Å². The van der Waals surface area contributed by atoms with Crippen molar-refractivity contribution in [1.82, 2.24) is 9.88 Å². The molecule has 0 amide bonds. The van der Waals surface area contributed by atoms with E-state index >= 15 is 0 Å². The lowest BCUT2D eigenvalue weighted by Crippen LogP contribution is -2.45. The highest BCUT2D eigenvalue weighted by atomic mass is 32.1. The summed E-state index contributed by atoms with van der Waals surface area (Å²) in [5.41, 5.74) is 7.29. The van der Waals surface area contributed by atoms with Crippen molar-refractivity contribution in [2.24, 2.45) is 11.7 Å². The highest BCUT2D eigenvalue weighted by molar-refractivity contribution is 7.09. The maximum absolute atomic E-state index is 5.92. The zero-order chi connectivity index (χ0) is 14.0. The Balaban J connectivity index is 2.02. The van der Waals surface area contributed by atoms with E-state index in [1.165, 1.54) is 23.5 Å². The fourth-order valence-electron chi connectivity index (χ4n) is 2.69. The first-order chi connectivity index (χ1) is 8.90. The van der Waals surface area contributed by atoms with Gasteiger partial charge in [0.05, 0.1) is 10.7 Å². The fraction of sp³-hybridized carbons (Fsp3) is 0.800. The second-order valence-corrected chi connectivity index (χ2v) is 7.74. The summed E-state index contributed by atoms with van der Waals surface area (Å²) in [6.45, 7) is 11.9. The lowest BCUT2D eigenvalue weighted by molar-refractivity contribution is 0.114. The van der Waals surface area contributed by atoms with E-state index in [0.29, 0.717) is 6.04 Å². The van der Waals surface area contributed by atoms with Gasteiger partial charge in [0.15, 0.2) is 0 Å². The summed E-state index contributed by atoms with van der Waals surface area (Å²) in [4.78, 5) is 7.31. The second-order valence-electron chi connectivity index (χ2n) is 6.88. The molecule has 2 N–H and O–H groups in total. The average Bonchev–Trinajstić information content (AvgIpc) is 2.79. The molecular formula is C15H27N3S. The zero-order valence-corrected chi connectivity index (χ0v) is 13.5. The van der Waals surface area contributed by atoms with Crippen molar-refractivity contribution in [2.75, 3.05) is 13.1 Å². The minimum absolute atomic E-state index is 0.159. The number of piperidine rings is 1. The van der Waals surface area contributed by atoms with Crippen LogP contribution in [0.3, 0.4) is 0 Å². The molecule has 2 heterocycles. The first kappa shape index (κ1) is 14.9. The van der Waals surface area contributed by atoms with E-state index in [4.69, 9.17) is 10.7 Å². The monoisotopic (exact) mass is 281 g/mol. The summed E-state index contributed by atoms with van der Waals surface area (Å²) in [7, 11) is 0. The quantitative estimate of drug-likeness (QED) is 0.926. The first-order valence-corrected chi connectivity index (χ1v) is 8.17. The number of likely N-dealkylation sites (tertiary alicyclic amines) is 1. The molecular weight excluding hydrogens is 254 g/mol. The van der Waals surface area contributed by atoms with Gasteiger partial charge >= 0.3 is 0 Å². The topological polar surface area (TPSA) is 42.2 Å². The number of nitrogens with two attached hydrogens (primary N) is 1. The van der Waals surface area contributed by atoms with E-state index < -0.39 is 0 Å². The van der Waals surface area contributed by atoms with Crippen LogP contribution in [-0.4, -0.2) is 29.0 Å². The van der Waals surface area contributed by atoms with E-state index in [9.17, 15) is 0 Å². The maximum Gasteiger partial charge on any atom is 0.0982 e. The van der Waals surface area contributed by atoms with Crippen LogP contribution in [-0.2, 0) is 12.0 Å². The molecule has 0 aromatic carbocycles. The molecule has 108 valence electrons. The predicted molar refractivity (Wildman–Crippen MR) is 82.5 cm³/mol. The van der Waals surface area contributed by atoms with E-state index in [1.807, 2.05) is 0 Å². The molecule has 1 aliphatic rings. The lowest BCUT2D eigenvalue weighted by Gasteiger charge is -2.37. The van der Waals surface area contributed by atoms with E-state index in [-0.39, 0.29) is 5.41 Å². The van der Waals surface area contributed by atoms with E-state index in [2.05, 4.69) is 38.0 Å². The minimum atomic E-state index is 0.159. The van der Waals surface area contributed by atoms with Crippen LogP contribution in [0.15, 0.2) is 5.38 Å². The standard InChI is InChI=1S/C15H27N3S/c1-11-5-6-18(13(7-11)8-16)9-12-10-19-14(17-12)15(2,3)4/h10-11,13H,5-9,16H2,1-4H3. The van der Waals surface area contributed by atoms with E-state index in [0.717, 1.165) is 25.6 Å². The van der Waals surface area contributed by atoms with Crippen LogP contribution in [0.4, 0.5) is 0 Å². The van der Waals surface area contributed by atoms with Crippen LogP contribution < -0.4 is 5.73 Å². The number of rotatable bonds is 3. The molecule has 4 heteroatoms. The fourth-order valence-corrected chi connectivity index (χ4v) is 3.58. The average molecular weight is 281 g/mol. The lowest BCUT2D eigenvalue weighted by atomic mass is 9.92. The minimum Gasteiger partial charge on any atom is -0.329 e. The molecule has 0 spiro atoms. The summed E-state index contributed by atoms with van der Waals surface area (Å²) < 4.78 is 0. The Morgan fingerprint density at radius 2 is 2.21 bits per heavy atom. The molecule has 0 aliphatic carbocycles. The van der Waals surface area contributed by atoms with Crippen molar-refractivity contribution in [3.63, 3.8) is 0 Å². The summed E-state index contributed by atoms with van der Waals surface area (Å²) in [6, 6.07) is 0.531. The molecule has 0 bridgehead atoms. The van der Waals surface area contributed by atoms with Crippen molar-refractivity contribution in [1.29, 1.82) is 0 Å². The molecule has 19 heavy (non-hydrogen) atoms. The van der Waals surface area contributed by atoms with Gasteiger partial charge in [0.25, 0.3) is 0 Å². The number of hydrogen-bond acceptors (Lipinski definition) is 4. The molecule has 0 radical (unpaired) electrons. The summed E-state index contributed by atoms with van der Waals surface area (Å²) in [5, 5.41) is 3.45. The van der Waals surface area contributed by atoms with Gasteiger partial charge in [-0.25, -0.2) is 4.98 Å². The molecule has 2 rings (SSSR count). The number of nitrogens with zero attached hydrogens (tertiary/aromatic N) is 2. The van der Waals surface area contributed by atoms with Crippen LogP contribution >= 0.6 is 11.3 Å². The van der Waals surface area contributed by atoms with Crippen LogP contribution in [0, 0.1) is 5.92 Å². The Morgan fingerprint density at radius 1 is 1.47 bits per heavy atom. The van der Waals surface area contributed by atoms with Gasteiger partial charge < -0.3 is 5.73 Å². The third-order valence-electron chi connectivity index (χ3n) is 3.93. The molecule has 1 saturated heterocycles. The van der Waals surface area contributed by atoms with Gasteiger partial charge in [-0.2, -0.15) is 0 Å². The Morgan fingerprint density at radius 3 is 2.79 bits per heavy atom. The summed E-state index contributed by atoms with van der Waals surface area (Å²) >= 11 is 1.79. The smallest absolute Gasteiger partial charge is 0.0982 e. The normalized spacial score (nSPS) is 25.7. The first-order valence-electron chi connectivity index (χ1n) is 7.29. The van der Waals surface area contributed by atoms with Crippen molar-refractivity contribution in [3.8, 4) is 0 Å². The Bertz CT molecular complexity index is 408. The van der Waals surface area contributed by atoms with E-state index in [1.54, 1.807) is 11.3 Å². The van der Waals surface area contributed by atoms with Crippen LogP contribution in [0.2, 0.25) is 0 Å². The summed E-state index contributed by atoms with van der Waals surface area (Å²) in [6.07, 6.45) is 2.51. The van der Waals surface area contributed by atoms with Gasteiger partial charge in [0.2, 0.25) is 0 Å². The zero-order valence-electron chi connectivity index (χ0n) is 12.6. The molecule has 2 atom stereocenters. The predicted octanol–water partition coefficient (Wildman–Crippen LogP) is 3.00. The molecule has 2 unspecified atom stereocenters. The third kappa shape index (κ3) is 3.77. The largest absolute Gasteiger partial charge is 0.329 e. The van der Waals surface area contributed by atoms with Crippen molar-refractivity contribution in [2.45, 2.75) is 58.5 Å².